The molecule has 0 saturated heterocycles. The van der Waals surface area contributed by atoms with Crippen LogP contribution in [-0.4, -0.2) is 43.3 Å². The fourth-order valence-corrected chi connectivity index (χ4v) is 1.58. The van der Waals surface area contributed by atoms with Gasteiger partial charge in [-0.15, -0.1) is 0 Å². The summed E-state index contributed by atoms with van der Waals surface area (Å²) in [6, 6.07) is 1.89. The van der Waals surface area contributed by atoms with Gasteiger partial charge in [-0.05, 0) is 18.9 Å². The van der Waals surface area contributed by atoms with Gasteiger partial charge in [0.25, 0.3) is 0 Å². The van der Waals surface area contributed by atoms with Gasteiger partial charge in [-0.3, -0.25) is 0 Å². The molecule has 108 valence electrons. The van der Waals surface area contributed by atoms with Crippen LogP contribution < -0.4 is 15.0 Å². The molecule has 0 aliphatic rings. The zero-order valence-corrected chi connectivity index (χ0v) is 12.5. The molecule has 0 aliphatic carbocycles. The van der Waals surface area contributed by atoms with E-state index in [9.17, 15) is 0 Å². The minimum absolute atomic E-state index is 0.647. The third kappa shape index (κ3) is 6.38. The Morgan fingerprint density at radius 3 is 2.84 bits per heavy atom. The molecule has 1 N–H and O–H groups in total. The summed E-state index contributed by atoms with van der Waals surface area (Å²) in [5, 5.41) is 3.42. The number of anilines is 1. The number of likely N-dealkylation sites (N-methyl/N-ethyl adjacent to an activating group) is 1. The summed E-state index contributed by atoms with van der Waals surface area (Å²) in [5.74, 6) is 2.22. The highest BCUT2D eigenvalue weighted by atomic mass is 16.5. The van der Waals surface area contributed by atoms with E-state index in [4.69, 9.17) is 4.74 Å². The molecule has 1 aromatic heterocycles. The van der Waals surface area contributed by atoms with E-state index >= 15 is 0 Å². The van der Waals surface area contributed by atoms with Gasteiger partial charge in [0.1, 0.15) is 12.1 Å². The van der Waals surface area contributed by atoms with Crippen molar-refractivity contribution in [2.45, 2.75) is 27.2 Å². The van der Waals surface area contributed by atoms with Gasteiger partial charge in [0, 0.05) is 26.2 Å². The molecule has 0 radical (unpaired) electrons. The summed E-state index contributed by atoms with van der Waals surface area (Å²) >= 11 is 0. The fourth-order valence-electron chi connectivity index (χ4n) is 1.58. The molecule has 19 heavy (non-hydrogen) atoms. The molecule has 0 atom stereocenters. The van der Waals surface area contributed by atoms with Crippen molar-refractivity contribution in [2.75, 3.05) is 38.2 Å². The summed E-state index contributed by atoms with van der Waals surface area (Å²) in [7, 11) is 2.03. The van der Waals surface area contributed by atoms with Gasteiger partial charge in [-0.2, -0.15) is 0 Å². The predicted molar refractivity (Wildman–Crippen MR) is 78.8 cm³/mol. The average molecular weight is 266 g/mol. The van der Waals surface area contributed by atoms with Crippen molar-refractivity contribution in [1.82, 2.24) is 15.3 Å². The molecule has 0 amide bonds. The lowest BCUT2D eigenvalue weighted by Crippen LogP contribution is -2.31. The summed E-state index contributed by atoms with van der Waals surface area (Å²) in [6.45, 7) is 10.1. The van der Waals surface area contributed by atoms with Crippen LogP contribution in [0.3, 0.4) is 0 Å². The summed E-state index contributed by atoms with van der Waals surface area (Å²) in [6.07, 6.45) is 2.53. The Kier molecular flexibility index (Phi) is 7.18. The fraction of sp³-hybridized carbons (Fsp3) is 0.714. The van der Waals surface area contributed by atoms with Crippen molar-refractivity contribution in [1.29, 1.82) is 0 Å². The number of nitrogens with zero attached hydrogens (tertiary/aromatic N) is 3. The molecule has 1 heterocycles. The first-order valence-corrected chi connectivity index (χ1v) is 7.00. The van der Waals surface area contributed by atoms with Gasteiger partial charge in [-0.1, -0.05) is 20.8 Å². The van der Waals surface area contributed by atoms with E-state index in [1.165, 1.54) is 0 Å². The topological polar surface area (TPSA) is 50.3 Å². The molecule has 1 rings (SSSR count). The van der Waals surface area contributed by atoms with Crippen molar-refractivity contribution < 1.29 is 4.74 Å². The van der Waals surface area contributed by atoms with Gasteiger partial charge in [0.15, 0.2) is 0 Å². The van der Waals surface area contributed by atoms with E-state index in [0.717, 1.165) is 31.9 Å². The first-order chi connectivity index (χ1) is 9.13. The Bertz CT molecular complexity index is 357. The Morgan fingerprint density at radius 1 is 1.37 bits per heavy atom. The van der Waals surface area contributed by atoms with Crippen LogP contribution in [0.15, 0.2) is 12.4 Å². The van der Waals surface area contributed by atoms with Gasteiger partial charge in [0.05, 0.1) is 6.61 Å². The SMILES string of the molecule is CCCOc1cc(N(C)CCNCC(C)C)ncn1. The van der Waals surface area contributed by atoms with Gasteiger partial charge < -0.3 is 15.0 Å². The Balaban J connectivity index is 2.40. The first kappa shape index (κ1) is 15.7. The Labute approximate surface area is 116 Å². The van der Waals surface area contributed by atoms with E-state index in [0.29, 0.717) is 18.4 Å². The van der Waals surface area contributed by atoms with Crippen molar-refractivity contribution in [3.8, 4) is 5.88 Å². The summed E-state index contributed by atoms with van der Waals surface area (Å²) in [4.78, 5) is 10.5. The van der Waals surface area contributed by atoms with E-state index in [2.05, 4.69) is 41.0 Å². The third-order valence-electron chi connectivity index (χ3n) is 2.65. The number of nitrogens with one attached hydrogen (secondary N) is 1. The second-order valence-corrected chi connectivity index (χ2v) is 5.08. The van der Waals surface area contributed by atoms with E-state index in [-0.39, 0.29) is 0 Å². The molecular weight excluding hydrogens is 240 g/mol. The average Bonchev–Trinajstić information content (AvgIpc) is 2.41. The number of hydrogen-bond acceptors (Lipinski definition) is 5. The maximum atomic E-state index is 5.51. The Hall–Kier alpha value is -1.36. The zero-order chi connectivity index (χ0) is 14.1. The summed E-state index contributed by atoms with van der Waals surface area (Å²) in [5.41, 5.74) is 0. The molecular formula is C14H26N4O. The molecule has 0 aromatic carbocycles. The van der Waals surface area contributed by atoms with E-state index in [1.807, 2.05) is 13.1 Å². The first-order valence-electron chi connectivity index (χ1n) is 7.00. The Morgan fingerprint density at radius 2 is 2.16 bits per heavy atom. The van der Waals surface area contributed by atoms with Crippen molar-refractivity contribution >= 4 is 5.82 Å². The highest BCUT2D eigenvalue weighted by Gasteiger charge is 2.05. The second-order valence-electron chi connectivity index (χ2n) is 5.08. The molecule has 1 aromatic rings. The van der Waals surface area contributed by atoms with Crippen molar-refractivity contribution in [2.24, 2.45) is 5.92 Å². The van der Waals surface area contributed by atoms with Gasteiger partial charge in [-0.25, -0.2) is 9.97 Å². The van der Waals surface area contributed by atoms with Gasteiger partial charge >= 0.3 is 0 Å². The number of rotatable bonds is 9. The lowest BCUT2D eigenvalue weighted by Gasteiger charge is -2.19. The smallest absolute Gasteiger partial charge is 0.218 e. The highest BCUT2D eigenvalue weighted by molar-refractivity contribution is 5.39. The largest absolute Gasteiger partial charge is 0.478 e. The van der Waals surface area contributed by atoms with Crippen LogP contribution in [0.25, 0.3) is 0 Å². The molecule has 0 spiro atoms. The van der Waals surface area contributed by atoms with Crippen LogP contribution in [-0.2, 0) is 0 Å². The number of ether oxygens (including phenoxy) is 1. The van der Waals surface area contributed by atoms with Crippen LogP contribution in [0.5, 0.6) is 5.88 Å². The quantitative estimate of drug-likeness (QED) is 0.692. The minimum atomic E-state index is 0.647. The molecule has 0 fully saturated rings. The molecule has 0 bridgehead atoms. The van der Waals surface area contributed by atoms with Crippen molar-refractivity contribution in [3.63, 3.8) is 0 Å². The van der Waals surface area contributed by atoms with Crippen LogP contribution in [0.4, 0.5) is 5.82 Å². The highest BCUT2D eigenvalue weighted by Crippen LogP contribution is 2.14. The van der Waals surface area contributed by atoms with E-state index in [1.54, 1.807) is 6.33 Å². The monoisotopic (exact) mass is 266 g/mol. The van der Waals surface area contributed by atoms with Crippen LogP contribution in [0.1, 0.15) is 27.2 Å². The number of aromatic nitrogens is 2. The van der Waals surface area contributed by atoms with Crippen molar-refractivity contribution in [3.05, 3.63) is 12.4 Å². The number of hydrogen-bond donors (Lipinski definition) is 1. The zero-order valence-electron chi connectivity index (χ0n) is 12.5. The second kappa shape index (κ2) is 8.69. The summed E-state index contributed by atoms with van der Waals surface area (Å²) < 4.78 is 5.51. The third-order valence-corrected chi connectivity index (χ3v) is 2.65. The van der Waals surface area contributed by atoms with Crippen LogP contribution in [0, 0.1) is 5.92 Å². The maximum absolute atomic E-state index is 5.51. The molecule has 0 unspecified atom stereocenters. The molecule has 0 saturated carbocycles. The molecule has 5 heteroatoms. The van der Waals surface area contributed by atoms with Crippen LogP contribution in [0.2, 0.25) is 0 Å². The molecule has 0 aliphatic heterocycles. The predicted octanol–water partition coefficient (Wildman–Crippen LogP) is 1.95. The van der Waals surface area contributed by atoms with E-state index < -0.39 is 0 Å². The minimum Gasteiger partial charge on any atom is -0.478 e. The van der Waals surface area contributed by atoms with Crippen LogP contribution >= 0.6 is 0 Å². The normalized spacial score (nSPS) is 10.8. The van der Waals surface area contributed by atoms with Gasteiger partial charge in [0.2, 0.25) is 5.88 Å². The lowest BCUT2D eigenvalue weighted by molar-refractivity contribution is 0.304. The maximum Gasteiger partial charge on any atom is 0.218 e. The lowest BCUT2D eigenvalue weighted by atomic mass is 10.2. The molecule has 5 nitrogen and oxygen atoms in total. The standard InChI is InChI=1S/C14H26N4O/c1-5-8-19-14-9-13(16-11-17-14)18(4)7-6-15-10-12(2)3/h9,11-12,15H,5-8,10H2,1-4H3.